The van der Waals surface area contributed by atoms with Crippen molar-refractivity contribution in [2.75, 3.05) is 46.8 Å². The van der Waals surface area contributed by atoms with Gasteiger partial charge in [0, 0.05) is 38.6 Å². The topological polar surface area (TPSA) is 86.0 Å². The third-order valence-corrected chi connectivity index (χ3v) is 6.29. The van der Waals surface area contributed by atoms with Crippen LogP contribution in [0.15, 0.2) is 35.3 Å². The number of benzene rings is 1. The summed E-state index contributed by atoms with van der Waals surface area (Å²) in [6.45, 7) is 8.12. The number of guanidine groups is 1. The maximum Gasteiger partial charge on any atom is 0.220 e. The molecule has 4 N–H and O–H groups in total. The van der Waals surface area contributed by atoms with E-state index in [1.54, 1.807) is 0 Å². The van der Waals surface area contributed by atoms with Gasteiger partial charge in [0.05, 0.1) is 0 Å². The van der Waals surface area contributed by atoms with E-state index in [0.29, 0.717) is 6.04 Å². The smallest absolute Gasteiger partial charge is 0.220 e. The van der Waals surface area contributed by atoms with Crippen LogP contribution in [-0.2, 0) is 11.3 Å². The molecular weight excluding hydrogens is 388 g/mol. The maximum atomic E-state index is 11.2. The normalized spacial score (nSPS) is 17.0. The third-order valence-electron chi connectivity index (χ3n) is 6.29. The summed E-state index contributed by atoms with van der Waals surface area (Å²) in [6.07, 6.45) is 5.12. The number of piperidine rings is 1. The summed E-state index contributed by atoms with van der Waals surface area (Å²) in [7, 11) is 4.00. The predicted molar refractivity (Wildman–Crippen MR) is 129 cm³/mol. The van der Waals surface area contributed by atoms with Gasteiger partial charge < -0.3 is 21.3 Å². The molecule has 1 fully saturated rings. The maximum absolute atomic E-state index is 11.2. The molecule has 0 saturated carbocycles. The van der Waals surface area contributed by atoms with Crippen molar-refractivity contribution in [3.8, 4) is 0 Å². The Morgan fingerprint density at radius 2 is 1.87 bits per heavy atom. The second-order valence-corrected chi connectivity index (χ2v) is 8.69. The van der Waals surface area contributed by atoms with Crippen LogP contribution >= 0.6 is 0 Å². The Morgan fingerprint density at radius 3 is 2.52 bits per heavy atom. The molecule has 1 amide bonds. The SMILES string of the molecule is CN=C(NCCCCN1CCC(C(N)=O)CC1)NCCC(C)N(C)Cc1ccccc1. The van der Waals surface area contributed by atoms with Gasteiger partial charge in [-0.05, 0) is 71.3 Å². The van der Waals surface area contributed by atoms with Crippen molar-refractivity contribution < 1.29 is 4.79 Å². The molecule has 1 aromatic rings. The van der Waals surface area contributed by atoms with Crippen LogP contribution in [0.2, 0.25) is 0 Å². The first-order chi connectivity index (χ1) is 15.0. The fourth-order valence-corrected chi connectivity index (χ4v) is 3.98. The average Bonchev–Trinajstić information content (AvgIpc) is 2.78. The van der Waals surface area contributed by atoms with E-state index in [1.165, 1.54) is 5.56 Å². The molecule has 0 aliphatic carbocycles. The van der Waals surface area contributed by atoms with E-state index in [-0.39, 0.29) is 11.8 Å². The van der Waals surface area contributed by atoms with Gasteiger partial charge in [-0.25, -0.2) is 0 Å². The first kappa shape index (κ1) is 25.1. The molecule has 174 valence electrons. The lowest BCUT2D eigenvalue weighted by Crippen LogP contribution is -2.41. The molecule has 7 heteroatoms. The van der Waals surface area contributed by atoms with Gasteiger partial charge in [0.1, 0.15) is 0 Å². The van der Waals surface area contributed by atoms with Crippen LogP contribution in [0.3, 0.4) is 0 Å². The monoisotopic (exact) mass is 430 g/mol. The van der Waals surface area contributed by atoms with Crippen molar-refractivity contribution in [2.45, 2.75) is 51.6 Å². The molecule has 2 rings (SSSR count). The van der Waals surface area contributed by atoms with Crippen molar-refractivity contribution in [1.29, 1.82) is 0 Å². The summed E-state index contributed by atoms with van der Waals surface area (Å²) >= 11 is 0. The molecule has 1 aliphatic heterocycles. The molecular formula is C24H42N6O. The van der Waals surface area contributed by atoms with E-state index in [0.717, 1.165) is 77.3 Å². The molecule has 0 spiro atoms. The Morgan fingerprint density at radius 1 is 1.19 bits per heavy atom. The molecule has 0 aromatic heterocycles. The summed E-state index contributed by atoms with van der Waals surface area (Å²) in [5.74, 6) is 0.813. The van der Waals surface area contributed by atoms with Crippen molar-refractivity contribution in [3.63, 3.8) is 0 Å². The molecule has 31 heavy (non-hydrogen) atoms. The van der Waals surface area contributed by atoms with Crippen LogP contribution in [0.1, 0.15) is 44.6 Å². The number of rotatable bonds is 12. The van der Waals surface area contributed by atoms with E-state index in [4.69, 9.17) is 5.73 Å². The van der Waals surface area contributed by atoms with E-state index < -0.39 is 0 Å². The highest BCUT2D eigenvalue weighted by Gasteiger charge is 2.22. The van der Waals surface area contributed by atoms with Crippen LogP contribution < -0.4 is 16.4 Å². The number of nitrogens with one attached hydrogen (secondary N) is 2. The summed E-state index contributed by atoms with van der Waals surface area (Å²) in [5, 5.41) is 6.85. The van der Waals surface area contributed by atoms with Gasteiger partial charge in [0.15, 0.2) is 5.96 Å². The largest absolute Gasteiger partial charge is 0.369 e. The number of carbonyl (C=O) groups excluding carboxylic acids is 1. The molecule has 1 heterocycles. The number of likely N-dealkylation sites (tertiary alicyclic amines) is 1. The minimum absolute atomic E-state index is 0.0770. The van der Waals surface area contributed by atoms with Crippen LogP contribution in [-0.4, -0.2) is 74.5 Å². The fraction of sp³-hybridized carbons (Fsp3) is 0.667. The van der Waals surface area contributed by atoms with E-state index in [2.05, 4.69) is 69.7 Å². The lowest BCUT2D eigenvalue weighted by Gasteiger charge is -2.30. The Hall–Kier alpha value is -2.12. The van der Waals surface area contributed by atoms with E-state index in [1.807, 2.05) is 7.05 Å². The third kappa shape index (κ3) is 9.70. The summed E-state index contributed by atoms with van der Waals surface area (Å²) in [5.41, 5.74) is 6.75. The first-order valence-corrected chi connectivity index (χ1v) is 11.7. The van der Waals surface area contributed by atoms with Gasteiger partial charge in [-0.15, -0.1) is 0 Å². The van der Waals surface area contributed by atoms with Crippen molar-refractivity contribution in [1.82, 2.24) is 20.4 Å². The van der Waals surface area contributed by atoms with Gasteiger partial charge in [-0.1, -0.05) is 30.3 Å². The summed E-state index contributed by atoms with van der Waals surface area (Å²) in [4.78, 5) is 20.4. The average molecular weight is 431 g/mol. The van der Waals surface area contributed by atoms with Gasteiger partial charge in [0.2, 0.25) is 5.91 Å². The minimum Gasteiger partial charge on any atom is -0.369 e. The number of unbranched alkanes of at least 4 members (excludes halogenated alkanes) is 1. The number of carbonyl (C=O) groups is 1. The summed E-state index contributed by atoms with van der Waals surface area (Å²) in [6, 6.07) is 11.1. The van der Waals surface area contributed by atoms with Crippen LogP contribution in [0.25, 0.3) is 0 Å². The van der Waals surface area contributed by atoms with Crippen LogP contribution in [0.4, 0.5) is 0 Å². The molecule has 1 aromatic carbocycles. The summed E-state index contributed by atoms with van der Waals surface area (Å²) < 4.78 is 0. The standard InChI is InChI=1S/C24H42N6O/c1-20(29(3)19-21-9-5-4-6-10-21)11-15-28-24(26-2)27-14-7-8-16-30-17-12-22(13-18-30)23(25)31/h4-6,9-10,20,22H,7-8,11-19H2,1-3H3,(H2,25,31)(H2,26,27,28). The van der Waals surface area contributed by atoms with Gasteiger partial charge >= 0.3 is 0 Å². The number of hydrogen-bond acceptors (Lipinski definition) is 4. The zero-order valence-electron chi connectivity index (χ0n) is 19.6. The van der Waals surface area contributed by atoms with Crippen molar-refractivity contribution in [3.05, 3.63) is 35.9 Å². The van der Waals surface area contributed by atoms with Crippen LogP contribution in [0, 0.1) is 5.92 Å². The highest BCUT2D eigenvalue weighted by Crippen LogP contribution is 2.16. The predicted octanol–water partition coefficient (Wildman–Crippen LogP) is 2.04. The highest BCUT2D eigenvalue weighted by molar-refractivity contribution is 5.79. The van der Waals surface area contributed by atoms with Crippen LogP contribution in [0.5, 0.6) is 0 Å². The molecule has 0 bridgehead atoms. The molecule has 7 nitrogen and oxygen atoms in total. The lowest BCUT2D eigenvalue weighted by atomic mass is 9.96. The second kappa shape index (κ2) is 14.0. The van der Waals surface area contributed by atoms with E-state index >= 15 is 0 Å². The zero-order valence-corrected chi connectivity index (χ0v) is 19.6. The second-order valence-electron chi connectivity index (χ2n) is 8.69. The first-order valence-electron chi connectivity index (χ1n) is 11.7. The number of amides is 1. The highest BCUT2D eigenvalue weighted by atomic mass is 16.1. The number of hydrogen-bond donors (Lipinski definition) is 3. The molecule has 1 aliphatic rings. The van der Waals surface area contributed by atoms with Crippen molar-refractivity contribution in [2.24, 2.45) is 16.6 Å². The Labute approximate surface area is 188 Å². The fourth-order valence-electron chi connectivity index (χ4n) is 3.98. The number of aliphatic imine (C=N–C) groups is 1. The molecule has 1 saturated heterocycles. The Kier molecular flexibility index (Phi) is 11.4. The van der Waals surface area contributed by atoms with Gasteiger partial charge in [-0.3, -0.25) is 14.7 Å². The van der Waals surface area contributed by atoms with Gasteiger partial charge in [0.25, 0.3) is 0 Å². The Balaban J connectivity index is 1.52. The number of primary amides is 1. The quantitative estimate of drug-likeness (QED) is 0.268. The minimum atomic E-state index is -0.139. The number of nitrogens with zero attached hydrogens (tertiary/aromatic N) is 3. The van der Waals surface area contributed by atoms with Crippen molar-refractivity contribution >= 4 is 11.9 Å². The Bertz CT molecular complexity index is 657. The van der Waals surface area contributed by atoms with E-state index in [9.17, 15) is 4.79 Å². The molecule has 0 radical (unpaired) electrons. The molecule has 1 atom stereocenters. The van der Waals surface area contributed by atoms with Gasteiger partial charge in [-0.2, -0.15) is 0 Å². The zero-order chi connectivity index (χ0) is 22.5. The number of nitrogens with two attached hydrogens (primary N) is 1. The molecule has 1 unspecified atom stereocenters. The lowest BCUT2D eigenvalue weighted by molar-refractivity contribution is -0.123.